The van der Waals surface area contributed by atoms with Crippen LogP contribution in [0.15, 0.2) is 30.1 Å². The third-order valence-corrected chi connectivity index (χ3v) is 1.85. The first kappa shape index (κ1) is 6.55. The Labute approximate surface area is 63.8 Å². The van der Waals surface area contributed by atoms with Gasteiger partial charge in [0.05, 0.1) is 0 Å². The summed E-state index contributed by atoms with van der Waals surface area (Å²) < 4.78 is 12.7. The molecular formula is C9H7FO. The normalized spacial score (nSPS) is 21.3. The zero-order valence-electron chi connectivity index (χ0n) is 5.79. The number of halogens is 1. The summed E-state index contributed by atoms with van der Waals surface area (Å²) in [6.45, 7) is 0. The fourth-order valence-corrected chi connectivity index (χ4v) is 1.27. The molecule has 1 unspecified atom stereocenters. The first-order valence-corrected chi connectivity index (χ1v) is 3.43. The van der Waals surface area contributed by atoms with Crippen LogP contribution < -0.4 is 0 Å². The van der Waals surface area contributed by atoms with E-state index in [1.807, 2.05) is 6.07 Å². The Morgan fingerprint density at radius 2 is 2.00 bits per heavy atom. The SMILES string of the molecule is OC1C(F)=Cc2ccccc21. The summed E-state index contributed by atoms with van der Waals surface area (Å²) in [5, 5.41) is 9.21. The minimum Gasteiger partial charge on any atom is -0.381 e. The molecule has 1 atom stereocenters. The van der Waals surface area contributed by atoms with E-state index in [0.29, 0.717) is 5.56 Å². The lowest BCUT2D eigenvalue weighted by Crippen LogP contribution is -1.92. The lowest BCUT2D eigenvalue weighted by molar-refractivity contribution is 0.191. The fraction of sp³-hybridized carbons (Fsp3) is 0.111. The van der Waals surface area contributed by atoms with Gasteiger partial charge in [0, 0.05) is 0 Å². The van der Waals surface area contributed by atoms with E-state index in [1.165, 1.54) is 6.08 Å². The van der Waals surface area contributed by atoms with Gasteiger partial charge < -0.3 is 5.11 Å². The Bertz CT molecular complexity index is 317. The number of aliphatic hydroxyl groups excluding tert-OH is 1. The van der Waals surface area contributed by atoms with Crippen molar-refractivity contribution in [2.75, 3.05) is 0 Å². The molecule has 0 heterocycles. The van der Waals surface area contributed by atoms with Crippen LogP contribution in [0.3, 0.4) is 0 Å². The molecule has 0 bridgehead atoms. The van der Waals surface area contributed by atoms with E-state index in [2.05, 4.69) is 0 Å². The maximum Gasteiger partial charge on any atom is 0.134 e. The van der Waals surface area contributed by atoms with E-state index in [1.54, 1.807) is 18.2 Å². The molecule has 11 heavy (non-hydrogen) atoms. The van der Waals surface area contributed by atoms with Crippen LogP contribution in [0.1, 0.15) is 17.2 Å². The maximum absolute atomic E-state index is 12.7. The Morgan fingerprint density at radius 3 is 2.73 bits per heavy atom. The van der Waals surface area contributed by atoms with Gasteiger partial charge in [0.25, 0.3) is 0 Å². The van der Waals surface area contributed by atoms with Crippen molar-refractivity contribution in [2.24, 2.45) is 0 Å². The molecule has 2 rings (SSSR count). The first-order chi connectivity index (χ1) is 5.29. The van der Waals surface area contributed by atoms with Gasteiger partial charge >= 0.3 is 0 Å². The lowest BCUT2D eigenvalue weighted by atomic mass is 10.1. The van der Waals surface area contributed by atoms with Crippen molar-refractivity contribution >= 4 is 6.08 Å². The molecule has 1 aromatic carbocycles. The molecule has 0 aliphatic heterocycles. The topological polar surface area (TPSA) is 20.2 Å². The molecule has 0 spiro atoms. The van der Waals surface area contributed by atoms with Crippen molar-refractivity contribution in [2.45, 2.75) is 6.10 Å². The van der Waals surface area contributed by atoms with Crippen LogP contribution in [-0.4, -0.2) is 5.11 Å². The number of fused-ring (bicyclic) bond motifs is 1. The van der Waals surface area contributed by atoms with Gasteiger partial charge in [-0.1, -0.05) is 24.3 Å². The molecule has 1 aliphatic carbocycles. The second-order valence-electron chi connectivity index (χ2n) is 2.56. The van der Waals surface area contributed by atoms with Gasteiger partial charge in [-0.3, -0.25) is 0 Å². The number of benzene rings is 1. The maximum atomic E-state index is 12.7. The summed E-state index contributed by atoms with van der Waals surface area (Å²) in [6.07, 6.45) is 0.325. The summed E-state index contributed by atoms with van der Waals surface area (Å²) in [6, 6.07) is 7.11. The molecule has 1 aliphatic rings. The average Bonchev–Trinajstić information content (AvgIpc) is 2.30. The van der Waals surface area contributed by atoms with Crippen molar-refractivity contribution in [3.8, 4) is 0 Å². The fourth-order valence-electron chi connectivity index (χ4n) is 1.27. The lowest BCUT2D eigenvalue weighted by Gasteiger charge is -2.02. The Hall–Kier alpha value is -1.15. The summed E-state index contributed by atoms with van der Waals surface area (Å²) >= 11 is 0. The van der Waals surface area contributed by atoms with Crippen LogP contribution in [0.5, 0.6) is 0 Å². The number of aliphatic hydroxyl groups is 1. The Morgan fingerprint density at radius 1 is 1.27 bits per heavy atom. The van der Waals surface area contributed by atoms with E-state index in [-0.39, 0.29) is 0 Å². The van der Waals surface area contributed by atoms with Gasteiger partial charge in [0.2, 0.25) is 0 Å². The van der Waals surface area contributed by atoms with E-state index >= 15 is 0 Å². The predicted octanol–water partition coefficient (Wildman–Crippen LogP) is 2.04. The number of hydrogen-bond acceptors (Lipinski definition) is 1. The zero-order chi connectivity index (χ0) is 7.84. The molecular weight excluding hydrogens is 143 g/mol. The van der Waals surface area contributed by atoms with Crippen molar-refractivity contribution in [3.05, 3.63) is 41.2 Å². The summed E-state index contributed by atoms with van der Waals surface area (Å²) in [4.78, 5) is 0. The van der Waals surface area contributed by atoms with E-state index in [0.717, 1.165) is 5.56 Å². The van der Waals surface area contributed by atoms with Crippen LogP contribution in [0.25, 0.3) is 6.08 Å². The molecule has 0 aromatic heterocycles. The van der Waals surface area contributed by atoms with Gasteiger partial charge in [-0.05, 0) is 17.2 Å². The number of rotatable bonds is 0. The highest BCUT2D eigenvalue weighted by atomic mass is 19.1. The molecule has 0 radical (unpaired) electrons. The van der Waals surface area contributed by atoms with Gasteiger partial charge in [0.1, 0.15) is 11.9 Å². The Kier molecular flexibility index (Phi) is 1.29. The van der Waals surface area contributed by atoms with Gasteiger partial charge in [-0.2, -0.15) is 0 Å². The minimum atomic E-state index is -1.04. The van der Waals surface area contributed by atoms with Crippen LogP contribution in [0, 0.1) is 0 Å². The molecule has 56 valence electrons. The summed E-state index contributed by atoms with van der Waals surface area (Å²) in [7, 11) is 0. The van der Waals surface area contributed by atoms with Gasteiger partial charge in [-0.25, -0.2) is 4.39 Å². The Balaban J connectivity index is 2.58. The van der Waals surface area contributed by atoms with Crippen molar-refractivity contribution in [3.63, 3.8) is 0 Å². The standard InChI is InChI=1S/C9H7FO/c10-8-5-6-3-1-2-4-7(6)9(8)11/h1-5,9,11H. The molecule has 1 aromatic rings. The van der Waals surface area contributed by atoms with Crippen LogP contribution in [-0.2, 0) is 0 Å². The second kappa shape index (κ2) is 2.17. The third kappa shape index (κ3) is 0.870. The monoisotopic (exact) mass is 150 g/mol. The number of hydrogen-bond donors (Lipinski definition) is 1. The largest absolute Gasteiger partial charge is 0.381 e. The van der Waals surface area contributed by atoms with Gasteiger partial charge in [0.15, 0.2) is 0 Å². The smallest absolute Gasteiger partial charge is 0.134 e. The highest BCUT2D eigenvalue weighted by Crippen LogP contribution is 2.34. The van der Waals surface area contributed by atoms with Crippen molar-refractivity contribution < 1.29 is 9.50 Å². The van der Waals surface area contributed by atoms with E-state index in [9.17, 15) is 9.50 Å². The van der Waals surface area contributed by atoms with Crippen LogP contribution in [0.4, 0.5) is 4.39 Å². The molecule has 0 saturated heterocycles. The average molecular weight is 150 g/mol. The minimum absolute atomic E-state index is 0.466. The summed E-state index contributed by atoms with van der Waals surface area (Å²) in [5.74, 6) is -0.466. The first-order valence-electron chi connectivity index (χ1n) is 3.43. The summed E-state index contributed by atoms with van der Waals surface area (Å²) in [5.41, 5.74) is 1.43. The molecule has 0 saturated carbocycles. The molecule has 1 N–H and O–H groups in total. The molecule has 0 fully saturated rings. The van der Waals surface area contributed by atoms with Crippen LogP contribution in [0.2, 0.25) is 0 Å². The van der Waals surface area contributed by atoms with Crippen LogP contribution >= 0.6 is 0 Å². The predicted molar refractivity (Wildman–Crippen MR) is 40.5 cm³/mol. The third-order valence-electron chi connectivity index (χ3n) is 1.85. The van der Waals surface area contributed by atoms with Crippen molar-refractivity contribution in [1.29, 1.82) is 0 Å². The molecule has 2 heteroatoms. The second-order valence-corrected chi connectivity index (χ2v) is 2.56. The van der Waals surface area contributed by atoms with Gasteiger partial charge in [-0.15, -0.1) is 0 Å². The quantitative estimate of drug-likeness (QED) is 0.600. The molecule has 1 nitrogen and oxygen atoms in total. The van der Waals surface area contributed by atoms with Crippen molar-refractivity contribution in [1.82, 2.24) is 0 Å². The molecule has 0 amide bonds. The zero-order valence-corrected chi connectivity index (χ0v) is 5.79. The highest BCUT2D eigenvalue weighted by Gasteiger charge is 2.21. The van der Waals surface area contributed by atoms with E-state index < -0.39 is 11.9 Å². The van der Waals surface area contributed by atoms with E-state index in [4.69, 9.17) is 0 Å². The highest BCUT2D eigenvalue weighted by molar-refractivity contribution is 5.63.